The van der Waals surface area contributed by atoms with E-state index in [1.165, 1.54) is 11.1 Å². The zero-order valence-corrected chi connectivity index (χ0v) is 15.1. The molecule has 130 valence electrons. The molecule has 25 heavy (non-hydrogen) atoms. The summed E-state index contributed by atoms with van der Waals surface area (Å²) in [4.78, 5) is 12.3. The van der Waals surface area contributed by atoms with Gasteiger partial charge in [0.25, 0.3) is 0 Å². The monoisotopic (exact) mass is 337 g/mol. The maximum absolute atomic E-state index is 12.3. The number of carbonyl (C=O) groups is 1. The van der Waals surface area contributed by atoms with Crippen LogP contribution in [-0.4, -0.2) is 25.5 Å². The third kappa shape index (κ3) is 3.79. The lowest BCUT2D eigenvalue weighted by Gasteiger charge is -2.09. The molecule has 3 aromatic rings. The van der Waals surface area contributed by atoms with Gasteiger partial charge in [-0.05, 0) is 44.4 Å². The molecule has 0 fully saturated rings. The van der Waals surface area contributed by atoms with E-state index >= 15 is 0 Å². The fourth-order valence-corrected chi connectivity index (χ4v) is 2.86. The molecule has 0 spiro atoms. The first kappa shape index (κ1) is 17.0. The van der Waals surface area contributed by atoms with E-state index in [1.54, 1.807) is 10.9 Å². The van der Waals surface area contributed by atoms with Gasteiger partial charge in [0, 0.05) is 6.20 Å². The number of anilines is 1. The van der Waals surface area contributed by atoms with Gasteiger partial charge in [0.1, 0.15) is 6.54 Å². The van der Waals surface area contributed by atoms with Crippen LogP contribution in [0.5, 0.6) is 0 Å². The van der Waals surface area contributed by atoms with Crippen molar-refractivity contribution in [3.05, 3.63) is 64.7 Å². The van der Waals surface area contributed by atoms with E-state index in [0.717, 1.165) is 22.6 Å². The Morgan fingerprint density at radius 1 is 1.16 bits per heavy atom. The fourth-order valence-electron chi connectivity index (χ4n) is 2.86. The summed E-state index contributed by atoms with van der Waals surface area (Å²) in [5.41, 5.74) is 6.03. The largest absolute Gasteiger partial charge is 0.321 e. The molecule has 0 unspecified atom stereocenters. The molecule has 6 heteroatoms. The third-order valence-electron chi connectivity index (χ3n) is 4.30. The number of amides is 1. The summed E-state index contributed by atoms with van der Waals surface area (Å²) in [6, 6.07) is 8.26. The first-order valence-corrected chi connectivity index (χ1v) is 8.31. The van der Waals surface area contributed by atoms with Crippen molar-refractivity contribution >= 4 is 11.6 Å². The Labute approximate surface area is 147 Å². The van der Waals surface area contributed by atoms with Gasteiger partial charge in [-0.1, -0.05) is 24.3 Å². The summed E-state index contributed by atoms with van der Waals surface area (Å²) in [5.74, 6) is -0.107. The summed E-state index contributed by atoms with van der Waals surface area (Å²) < 4.78 is 3.57. The Morgan fingerprint density at radius 2 is 1.92 bits per heavy atom. The van der Waals surface area contributed by atoms with Crippen molar-refractivity contribution in [2.75, 3.05) is 5.32 Å². The number of nitrogens with zero attached hydrogens (tertiary/aromatic N) is 4. The Morgan fingerprint density at radius 3 is 2.60 bits per heavy atom. The van der Waals surface area contributed by atoms with Crippen LogP contribution in [0.4, 0.5) is 5.69 Å². The summed E-state index contributed by atoms with van der Waals surface area (Å²) in [6.45, 7) is 8.81. The van der Waals surface area contributed by atoms with E-state index < -0.39 is 0 Å². The lowest BCUT2D eigenvalue weighted by molar-refractivity contribution is -0.116. The smallest absolute Gasteiger partial charge is 0.246 e. The predicted molar refractivity (Wildman–Crippen MR) is 97.6 cm³/mol. The SMILES string of the molecule is Cc1cnn(CC(=O)Nc2c(C)nn(Cc3ccccc3C)c2C)c1. The highest BCUT2D eigenvalue weighted by molar-refractivity contribution is 5.91. The molecule has 0 aliphatic carbocycles. The summed E-state index contributed by atoms with van der Waals surface area (Å²) >= 11 is 0. The molecule has 1 aromatic carbocycles. The Kier molecular flexibility index (Phi) is 4.70. The van der Waals surface area contributed by atoms with E-state index in [0.29, 0.717) is 6.54 Å². The minimum atomic E-state index is -0.107. The number of nitrogens with one attached hydrogen (secondary N) is 1. The Hall–Kier alpha value is -2.89. The summed E-state index contributed by atoms with van der Waals surface area (Å²) in [7, 11) is 0. The number of hydrogen-bond donors (Lipinski definition) is 1. The molecule has 1 amide bonds. The molecular formula is C19H23N5O. The zero-order chi connectivity index (χ0) is 18.0. The average molecular weight is 337 g/mol. The van der Waals surface area contributed by atoms with Crippen molar-refractivity contribution in [2.24, 2.45) is 0 Å². The molecular weight excluding hydrogens is 314 g/mol. The standard InChI is InChI=1S/C19H23N5O/c1-13-9-20-23(10-13)12-18(25)21-19-15(3)22-24(16(19)4)11-17-8-6-5-7-14(17)2/h5-10H,11-12H2,1-4H3,(H,21,25). The molecule has 0 bridgehead atoms. The minimum absolute atomic E-state index is 0.107. The number of aromatic nitrogens is 4. The van der Waals surface area contributed by atoms with Gasteiger partial charge in [-0.25, -0.2) is 0 Å². The van der Waals surface area contributed by atoms with Gasteiger partial charge in [0.2, 0.25) is 5.91 Å². The Bertz CT molecular complexity index is 906. The van der Waals surface area contributed by atoms with Crippen molar-refractivity contribution in [2.45, 2.75) is 40.8 Å². The van der Waals surface area contributed by atoms with E-state index in [-0.39, 0.29) is 12.5 Å². The van der Waals surface area contributed by atoms with Crippen molar-refractivity contribution < 1.29 is 4.79 Å². The van der Waals surface area contributed by atoms with E-state index in [4.69, 9.17) is 0 Å². The van der Waals surface area contributed by atoms with E-state index in [2.05, 4.69) is 34.6 Å². The molecule has 0 saturated heterocycles. The van der Waals surface area contributed by atoms with Crippen molar-refractivity contribution in [3.63, 3.8) is 0 Å². The quantitative estimate of drug-likeness (QED) is 0.778. The normalized spacial score (nSPS) is 10.9. The molecule has 2 heterocycles. The van der Waals surface area contributed by atoms with Gasteiger partial charge in [-0.2, -0.15) is 10.2 Å². The second-order valence-corrected chi connectivity index (χ2v) is 6.39. The molecule has 0 saturated carbocycles. The van der Waals surface area contributed by atoms with E-state index in [1.807, 2.05) is 43.8 Å². The minimum Gasteiger partial charge on any atom is -0.321 e. The number of carbonyl (C=O) groups excluding carboxylic acids is 1. The molecule has 6 nitrogen and oxygen atoms in total. The third-order valence-corrected chi connectivity index (χ3v) is 4.30. The lowest BCUT2D eigenvalue weighted by atomic mass is 10.1. The van der Waals surface area contributed by atoms with Crippen LogP contribution in [-0.2, 0) is 17.9 Å². The maximum Gasteiger partial charge on any atom is 0.246 e. The molecule has 0 aliphatic heterocycles. The van der Waals surface area contributed by atoms with Gasteiger partial charge in [-0.3, -0.25) is 14.2 Å². The molecule has 1 N–H and O–H groups in total. The van der Waals surface area contributed by atoms with Crippen molar-refractivity contribution in [3.8, 4) is 0 Å². The molecule has 2 aromatic heterocycles. The number of rotatable bonds is 5. The number of aryl methyl sites for hydroxylation is 3. The van der Waals surface area contributed by atoms with Crippen LogP contribution in [0.25, 0.3) is 0 Å². The first-order valence-electron chi connectivity index (χ1n) is 8.31. The lowest BCUT2D eigenvalue weighted by Crippen LogP contribution is -2.19. The second-order valence-electron chi connectivity index (χ2n) is 6.39. The van der Waals surface area contributed by atoms with Gasteiger partial charge in [0.05, 0.1) is 29.8 Å². The van der Waals surface area contributed by atoms with Gasteiger partial charge >= 0.3 is 0 Å². The van der Waals surface area contributed by atoms with Gasteiger partial charge in [0.15, 0.2) is 0 Å². The second kappa shape index (κ2) is 6.93. The van der Waals surface area contributed by atoms with Gasteiger partial charge in [-0.15, -0.1) is 0 Å². The molecule has 0 atom stereocenters. The topological polar surface area (TPSA) is 64.7 Å². The van der Waals surface area contributed by atoms with Crippen LogP contribution in [0.15, 0.2) is 36.7 Å². The first-order chi connectivity index (χ1) is 11.9. The number of hydrogen-bond acceptors (Lipinski definition) is 3. The van der Waals surface area contributed by atoms with E-state index in [9.17, 15) is 4.79 Å². The summed E-state index contributed by atoms with van der Waals surface area (Å²) in [6.07, 6.45) is 3.59. The summed E-state index contributed by atoms with van der Waals surface area (Å²) in [5, 5.41) is 11.7. The van der Waals surface area contributed by atoms with Crippen LogP contribution in [0.2, 0.25) is 0 Å². The van der Waals surface area contributed by atoms with Crippen molar-refractivity contribution in [1.29, 1.82) is 0 Å². The Balaban J connectivity index is 1.75. The van der Waals surface area contributed by atoms with Crippen molar-refractivity contribution in [1.82, 2.24) is 19.6 Å². The molecule has 3 rings (SSSR count). The van der Waals surface area contributed by atoms with Crippen LogP contribution < -0.4 is 5.32 Å². The highest BCUT2D eigenvalue weighted by atomic mass is 16.2. The maximum atomic E-state index is 12.3. The predicted octanol–water partition coefficient (Wildman–Crippen LogP) is 3.00. The van der Waals surface area contributed by atoms with Crippen LogP contribution in [0.3, 0.4) is 0 Å². The highest BCUT2D eigenvalue weighted by Crippen LogP contribution is 2.21. The van der Waals surface area contributed by atoms with Gasteiger partial charge < -0.3 is 5.32 Å². The molecule has 0 radical (unpaired) electrons. The van der Waals surface area contributed by atoms with Crippen LogP contribution >= 0.6 is 0 Å². The van der Waals surface area contributed by atoms with Crippen LogP contribution in [0, 0.1) is 27.7 Å². The average Bonchev–Trinajstić information content (AvgIpc) is 3.08. The number of benzene rings is 1. The fraction of sp³-hybridized carbons (Fsp3) is 0.316. The zero-order valence-electron chi connectivity index (χ0n) is 15.1. The van der Waals surface area contributed by atoms with Crippen LogP contribution in [0.1, 0.15) is 28.1 Å². The molecule has 0 aliphatic rings. The highest BCUT2D eigenvalue weighted by Gasteiger charge is 2.15.